The van der Waals surface area contributed by atoms with Gasteiger partial charge in [0.05, 0.1) is 11.0 Å². The van der Waals surface area contributed by atoms with E-state index in [9.17, 15) is 0 Å². The predicted molar refractivity (Wildman–Crippen MR) is 166 cm³/mol. The molecule has 3 heterocycles. The summed E-state index contributed by atoms with van der Waals surface area (Å²) in [6.07, 6.45) is 5.09. The van der Waals surface area contributed by atoms with Gasteiger partial charge in [-0.25, -0.2) is 0 Å². The highest BCUT2D eigenvalue weighted by Crippen LogP contribution is 2.34. The maximum atomic E-state index is 5.12. The Kier molecular flexibility index (Phi) is 7.09. The first kappa shape index (κ1) is 26.1. The molecule has 3 aromatic heterocycles. The highest BCUT2D eigenvalue weighted by atomic mass is 16.4. The Labute approximate surface area is 239 Å². The summed E-state index contributed by atoms with van der Waals surface area (Å²) in [4.78, 5) is 9.34. The van der Waals surface area contributed by atoms with Gasteiger partial charge in [-0.2, -0.15) is 0 Å². The van der Waals surface area contributed by atoms with Crippen LogP contribution in [0, 0.1) is 0 Å². The van der Waals surface area contributed by atoms with Crippen LogP contribution in [0.15, 0.2) is 132 Å². The van der Waals surface area contributed by atoms with E-state index in [1.807, 2.05) is 36.7 Å². The van der Waals surface area contributed by atoms with E-state index in [2.05, 4.69) is 126 Å². The largest absolute Gasteiger partial charge is 0.423 e. The van der Waals surface area contributed by atoms with E-state index in [0.717, 1.165) is 27.4 Å². The minimum Gasteiger partial charge on any atom is -0.423 e. The Morgan fingerprint density at radius 2 is 1.05 bits per heavy atom. The van der Waals surface area contributed by atoms with Crippen LogP contribution in [-0.4, -0.2) is 20.2 Å². The molecular weight excluding hydrogens is 504 g/mol. The van der Waals surface area contributed by atoms with E-state index in [0.29, 0.717) is 5.89 Å². The van der Waals surface area contributed by atoms with Crippen LogP contribution in [0.3, 0.4) is 0 Å². The Balaban J connectivity index is 0.000000172. The molecule has 4 aromatic carbocycles. The first-order chi connectivity index (χ1) is 20.0. The molecule has 0 saturated heterocycles. The molecule has 7 aromatic rings. The average Bonchev–Trinajstić information content (AvgIpc) is 3.57. The average molecular weight is 535 g/mol. The lowest BCUT2D eigenvalue weighted by Gasteiger charge is -2.18. The van der Waals surface area contributed by atoms with E-state index in [4.69, 9.17) is 4.42 Å². The van der Waals surface area contributed by atoms with Gasteiger partial charge < -0.3 is 4.42 Å². The lowest BCUT2D eigenvalue weighted by molar-refractivity contribution is 0.568. The minimum absolute atomic E-state index is 0.174. The molecule has 0 fully saturated rings. The van der Waals surface area contributed by atoms with E-state index in [1.165, 1.54) is 34.2 Å². The van der Waals surface area contributed by atoms with Crippen LogP contribution in [0.25, 0.3) is 55.5 Å². The molecule has 0 N–H and O–H groups in total. The number of hydrogen-bond acceptors (Lipinski definition) is 5. The van der Waals surface area contributed by atoms with Gasteiger partial charge in [-0.3, -0.25) is 9.97 Å². The molecule has 0 aliphatic heterocycles. The van der Waals surface area contributed by atoms with Crippen molar-refractivity contribution in [2.45, 2.75) is 26.2 Å². The zero-order valence-corrected chi connectivity index (χ0v) is 23.3. The van der Waals surface area contributed by atoms with Gasteiger partial charge in [0.1, 0.15) is 0 Å². The highest BCUT2D eigenvalue weighted by Gasteiger charge is 2.14. The number of nitrogens with zero attached hydrogens (tertiary/aromatic N) is 4. The Morgan fingerprint density at radius 3 is 1.49 bits per heavy atom. The normalized spacial score (nSPS) is 11.3. The molecule has 0 aliphatic carbocycles. The maximum Gasteiger partial charge on any atom is 0.247 e. The molecule has 5 nitrogen and oxygen atoms in total. The molecule has 41 heavy (non-hydrogen) atoms. The molecule has 0 amide bonds. The first-order valence-electron chi connectivity index (χ1n) is 13.6. The minimum atomic E-state index is 0.174. The summed E-state index contributed by atoms with van der Waals surface area (Å²) in [6, 6.07) is 37.6. The van der Waals surface area contributed by atoms with Crippen molar-refractivity contribution in [2.75, 3.05) is 0 Å². The molecule has 7 rings (SSSR count). The van der Waals surface area contributed by atoms with Gasteiger partial charge in [0.2, 0.25) is 12.3 Å². The van der Waals surface area contributed by atoms with E-state index >= 15 is 0 Å². The summed E-state index contributed by atoms with van der Waals surface area (Å²) in [5.41, 5.74) is 9.08. The topological polar surface area (TPSA) is 64.7 Å². The molecule has 0 saturated carbocycles. The van der Waals surface area contributed by atoms with Crippen LogP contribution < -0.4 is 0 Å². The summed E-state index contributed by atoms with van der Waals surface area (Å²) in [5, 5.41) is 9.77. The lowest BCUT2D eigenvalue weighted by Crippen LogP contribution is -2.10. The molecule has 0 radical (unpaired) electrons. The Bertz CT molecular complexity index is 1790. The van der Waals surface area contributed by atoms with Gasteiger partial charge in [-0.05, 0) is 57.5 Å². The van der Waals surface area contributed by atoms with E-state index in [1.54, 1.807) is 0 Å². The summed E-state index contributed by atoms with van der Waals surface area (Å²) < 4.78 is 5.12. The third kappa shape index (κ3) is 5.48. The number of rotatable bonds is 3. The van der Waals surface area contributed by atoms with Crippen LogP contribution in [0.1, 0.15) is 26.3 Å². The summed E-state index contributed by atoms with van der Waals surface area (Å²) in [7, 11) is 0. The van der Waals surface area contributed by atoms with Crippen molar-refractivity contribution in [1.29, 1.82) is 0 Å². The fourth-order valence-corrected chi connectivity index (χ4v) is 4.98. The van der Waals surface area contributed by atoms with Gasteiger partial charge in [0, 0.05) is 28.7 Å². The van der Waals surface area contributed by atoms with Crippen molar-refractivity contribution >= 4 is 21.8 Å². The standard InChI is InChI=1S/C24H16N2.C12H14N2O/c1-3-7-17(8-4-1)19-13-15-25-23-21(19)11-12-22-20(14-16-26-24(22)23)18-9-5-2-6-10-18;1-12(2,3)10-6-4-9(5-7-10)11-14-13-8-15-11/h1-16H;4-8H,1-3H3. The number of fused-ring (bicyclic) bond motifs is 3. The van der Waals surface area contributed by atoms with Crippen LogP contribution in [-0.2, 0) is 5.41 Å². The molecule has 0 aliphatic rings. The third-order valence-corrected chi connectivity index (χ3v) is 7.15. The molecule has 0 atom stereocenters. The van der Waals surface area contributed by atoms with Gasteiger partial charge in [-0.15, -0.1) is 10.2 Å². The third-order valence-electron chi connectivity index (χ3n) is 7.15. The number of hydrogen-bond donors (Lipinski definition) is 0. The van der Waals surface area contributed by atoms with Crippen molar-refractivity contribution in [3.63, 3.8) is 0 Å². The highest BCUT2D eigenvalue weighted by molar-refractivity contribution is 6.11. The van der Waals surface area contributed by atoms with Crippen LogP contribution in [0.4, 0.5) is 0 Å². The zero-order chi connectivity index (χ0) is 28.2. The molecule has 0 bridgehead atoms. The van der Waals surface area contributed by atoms with E-state index in [-0.39, 0.29) is 5.41 Å². The number of benzene rings is 4. The SMILES string of the molecule is CC(C)(C)c1ccc(-c2nnco2)cc1.c1ccc(-c2ccnc3c2ccc2c(-c4ccccc4)ccnc23)cc1. The molecule has 0 spiro atoms. The van der Waals surface area contributed by atoms with Gasteiger partial charge in [-0.1, -0.05) is 106 Å². The molecule has 200 valence electrons. The van der Waals surface area contributed by atoms with Crippen LogP contribution in [0.2, 0.25) is 0 Å². The van der Waals surface area contributed by atoms with Gasteiger partial charge in [0.15, 0.2) is 0 Å². The van der Waals surface area contributed by atoms with Crippen molar-refractivity contribution in [3.05, 3.63) is 134 Å². The predicted octanol–water partition coefficient (Wildman–Crippen LogP) is 9.15. The molecular formula is C36H30N4O. The second-order valence-corrected chi connectivity index (χ2v) is 10.9. The van der Waals surface area contributed by atoms with Crippen molar-refractivity contribution in [3.8, 4) is 33.7 Å². The lowest BCUT2D eigenvalue weighted by atomic mass is 9.87. The molecule has 5 heteroatoms. The first-order valence-corrected chi connectivity index (χ1v) is 13.6. The van der Waals surface area contributed by atoms with Gasteiger partial charge >= 0.3 is 0 Å². The number of pyridine rings is 2. The smallest absolute Gasteiger partial charge is 0.247 e. The second-order valence-electron chi connectivity index (χ2n) is 10.9. The summed E-state index contributed by atoms with van der Waals surface area (Å²) in [5.74, 6) is 0.565. The van der Waals surface area contributed by atoms with Crippen molar-refractivity contribution in [2.24, 2.45) is 0 Å². The van der Waals surface area contributed by atoms with Crippen LogP contribution in [0.5, 0.6) is 0 Å². The maximum absolute atomic E-state index is 5.12. The van der Waals surface area contributed by atoms with Gasteiger partial charge in [0.25, 0.3) is 0 Å². The summed E-state index contributed by atoms with van der Waals surface area (Å²) in [6.45, 7) is 6.57. The van der Waals surface area contributed by atoms with E-state index < -0.39 is 0 Å². The molecule has 0 unspecified atom stereocenters. The Morgan fingerprint density at radius 1 is 0.537 bits per heavy atom. The zero-order valence-electron chi connectivity index (χ0n) is 23.3. The fraction of sp³-hybridized carbons (Fsp3) is 0.111. The van der Waals surface area contributed by atoms with Crippen molar-refractivity contribution in [1.82, 2.24) is 20.2 Å². The van der Waals surface area contributed by atoms with Crippen molar-refractivity contribution < 1.29 is 4.42 Å². The quantitative estimate of drug-likeness (QED) is 0.211. The monoisotopic (exact) mass is 534 g/mol. The second kappa shape index (κ2) is 11.1. The summed E-state index contributed by atoms with van der Waals surface area (Å²) >= 11 is 0. The fourth-order valence-electron chi connectivity index (χ4n) is 4.98. The Hall–Kier alpha value is -5.16. The number of aromatic nitrogens is 4. The van der Waals surface area contributed by atoms with Crippen LogP contribution >= 0.6 is 0 Å².